The van der Waals surface area contributed by atoms with Gasteiger partial charge in [-0.25, -0.2) is 18.7 Å². The van der Waals surface area contributed by atoms with E-state index in [0.29, 0.717) is 18.0 Å². The summed E-state index contributed by atoms with van der Waals surface area (Å²) in [4.78, 5) is 25.3. The van der Waals surface area contributed by atoms with E-state index in [0.717, 1.165) is 20.3 Å². The second-order valence-corrected chi connectivity index (χ2v) is 7.60. The molecular weight excluding hydrogens is 434 g/mol. The maximum absolute atomic E-state index is 14.5. The standard InChI is InChI=1S/C24H24F2N2O5/c1-14(2)10-11-33-18-13-15(12-17(25)20(18)26)21-19(23(29)31-3)22(24(30)32-4)28(27-21)16-8-6-5-7-9-16/h5-9,12-14H,10-11H2,1-4H3. The van der Waals surface area contributed by atoms with E-state index in [1.807, 2.05) is 13.8 Å². The molecule has 9 heteroatoms. The minimum atomic E-state index is -1.18. The lowest BCUT2D eigenvalue weighted by Gasteiger charge is -2.11. The molecule has 7 nitrogen and oxygen atoms in total. The van der Waals surface area contributed by atoms with Crippen molar-refractivity contribution in [2.24, 2.45) is 5.92 Å². The third-order valence-corrected chi connectivity index (χ3v) is 4.88. The zero-order chi connectivity index (χ0) is 24.1. The second kappa shape index (κ2) is 10.2. The molecule has 0 aliphatic rings. The summed E-state index contributed by atoms with van der Waals surface area (Å²) in [6.07, 6.45) is 0.633. The molecule has 3 rings (SSSR count). The summed E-state index contributed by atoms with van der Waals surface area (Å²) in [5.74, 6) is -4.10. The van der Waals surface area contributed by atoms with Crippen LogP contribution in [0.3, 0.4) is 0 Å². The van der Waals surface area contributed by atoms with Gasteiger partial charge in [0.2, 0.25) is 5.82 Å². The number of hydrogen-bond donors (Lipinski definition) is 0. The van der Waals surface area contributed by atoms with E-state index < -0.39 is 23.6 Å². The van der Waals surface area contributed by atoms with E-state index in [1.165, 1.54) is 10.7 Å². The third kappa shape index (κ3) is 5.02. The van der Waals surface area contributed by atoms with Crippen molar-refractivity contribution in [3.05, 3.63) is 65.4 Å². The quantitative estimate of drug-likeness (QED) is 0.451. The van der Waals surface area contributed by atoms with Crippen LogP contribution in [0.1, 0.15) is 41.1 Å². The predicted molar refractivity (Wildman–Crippen MR) is 117 cm³/mol. The monoisotopic (exact) mass is 458 g/mol. The number of benzene rings is 2. The predicted octanol–water partition coefficient (Wildman–Crippen LogP) is 4.82. The first-order valence-electron chi connectivity index (χ1n) is 10.3. The largest absolute Gasteiger partial charge is 0.490 e. The Bertz CT molecular complexity index is 1160. The molecule has 2 aromatic carbocycles. The molecule has 0 unspecified atom stereocenters. The van der Waals surface area contributed by atoms with Crippen LogP contribution in [0.4, 0.5) is 8.78 Å². The highest BCUT2D eigenvalue weighted by atomic mass is 19.2. The van der Waals surface area contributed by atoms with E-state index in [4.69, 9.17) is 14.2 Å². The summed E-state index contributed by atoms with van der Waals surface area (Å²) in [5.41, 5.74) is -0.0532. The van der Waals surface area contributed by atoms with E-state index in [1.54, 1.807) is 30.3 Å². The van der Waals surface area contributed by atoms with Crippen molar-refractivity contribution >= 4 is 11.9 Å². The first-order chi connectivity index (χ1) is 15.8. The zero-order valence-corrected chi connectivity index (χ0v) is 18.7. The Labute approximate surface area is 189 Å². The molecule has 0 spiro atoms. The molecule has 3 aromatic rings. The molecule has 0 amide bonds. The van der Waals surface area contributed by atoms with Crippen LogP contribution in [0.15, 0.2) is 42.5 Å². The van der Waals surface area contributed by atoms with Crippen LogP contribution in [0.25, 0.3) is 16.9 Å². The number of esters is 2. The Balaban J connectivity index is 2.24. The van der Waals surface area contributed by atoms with Gasteiger partial charge in [0, 0.05) is 5.56 Å². The summed E-state index contributed by atoms with van der Waals surface area (Å²) in [6.45, 7) is 4.13. The molecule has 0 saturated carbocycles. The number of aromatic nitrogens is 2. The van der Waals surface area contributed by atoms with Crippen molar-refractivity contribution in [1.29, 1.82) is 0 Å². The lowest BCUT2D eigenvalue weighted by molar-refractivity contribution is 0.0549. The van der Waals surface area contributed by atoms with E-state index in [9.17, 15) is 18.4 Å². The number of methoxy groups -OCH3 is 2. The van der Waals surface area contributed by atoms with E-state index in [2.05, 4.69) is 5.10 Å². The van der Waals surface area contributed by atoms with Gasteiger partial charge in [-0.1, -0.05) is 32.0 Å². The number of para-hydroxylation sites is 1. The van der Waals surface area contributed by atoms with Gasteiger partial charge in [-0.2, -0.15) is 9.49 Å². The minimum absolute atomic E-state index is 0.0358. The highest BCUT2D eigenvalue weighted by Crippen LogP contribution is 2.33. The number of nitrogens with zero attached hydrogens (tertiary/aromatic N) is 2. The molecule has 0 saturated heterocycles. The fourth-order valence-electron chi connectivity index (χ4n) is 3.17. The summed E-state index contributed by atoms with van der Waals surface area (Å²) < 4.78 is 45.2. The molecule has 0 atom stereocenters. The lowest BCUT2D eigenvalue weighted by atomic mass is 10.0. The summed E-state index contributed by atoms with van der Waals surface area (Å²) >= 11 is 0. The van der Waals surface area contributed by atoms with Crippen molar-refractivity contribution in [2.45, 2.75) is 20.3 Å². The van der Waals surface area contributed by atoms with Gasteiger partial charge in [-0.15, -0.1) is 0 Å². The van der Waals surface area contributed by atoms with Gasteiger partial charge in [0.25, 0.3) is 0 Å². The summed E-state index contributed by atoms with van der Waals surface area (Å²) in [6, 6.07) is 10.6. The number of carbonyl (C=O) groups is 2. The van der Waals surface area contributed by atoms with Crippen LogP contribution in [0.5, 0.6) is 5.75 Å². The highest BCUT2D eigenvalue weighted by Gasteiger charge is 2.32. The molecule has 33 heavy (non-hydrogen) atoms. The van der Waals surface area contributed by atoms with Gasteiger partial charge in [-0.05, 0) is 36.6 Å². The molecule has 1 heterocycles. The first kappa shape index (κ1) is 23.9. The van der Waals surface area contributed by atoms with Gasteiger partial charge in [-0.3, -0.25) is 0 Å². The fourth-order valence-corrected chi connectivity index (χ4v) is 3.17. The number of halogens is 2. The van der Waals surface area contributed by atoms with Crippen LogP contribution in [-0.2, 0) is 9.47 Å². The van der Waals surface area contributed by atoms with E-state index in [-0.39, 0.29) is 34.9 Å². The average Bonchev–Trinajstić information content (AvgIpc) is 3.21. The molecule has 0 bridgehead atoms. The molecule has 0 fully saturated rings. The first-order valence-corrected chi connectivity index (χ1v) is 10.3. The van der Waals surface area contributed by atoms with Crippen LogP contribution in [0.2, 0.25) is 0 Å². The fraction of sp³-hybridized carbons (Fsp3) is 0.292. The molecule has 174 valence electrons. The Kier molecular flexibility index (Phi) is 7.42. The maximum Gasteiger partial charge on any atom is 0.357 e. The zero-order valence-electron chi connectivity index (χ0n) is 18.7. The molecular formula is C24H24F2N2O5. The van der Waals surface area contributed by atoms with Crippen LogP contribution >= 0.6 is 0 Å². The van der Waals surface area contributed by atoms with Gasteiger partial charge in [0.05, 0.1) is 26.5 Å². The Hall–Kier alpha value is -3.75. The highest BCUT2D eigenvalue weighted by molar-refractivity contribution is 6.06. The number of ether oxygens (including phenoxy) is 3. The molecule has 1 aromatic heterocycles. The molecule has 0 radical (unpaired) electrons. The number of hydrogen-bond acceptors (Lipinski definition) is 6. The van der Waals surface area contributed by atoms with Gasteiger partial charge in [0.15, 0.2) is 17.3 Å². The molecule has 0 aliphatic carbocycles. The van der Waals surface area contributed by atoms with Crippen LogP contribution in [-0.4, -0.2) is 42.5 Å². The van der Waals surface area contributed by atoms with Crippen molar-refractivity contribution in [2.75, 3.05) is 20.8 Å². The Morgan fingerprint density at radius 2 is 1.70 bits per heavy atom. The number of carbonyl (C=O) groups excluding carboxylic acids is 2. The van der Waals surface area contributed by atoms with Crippen molar-refractivity contribution < 1.29 is 32.6 Å². The second-order valence-electron chi connectivity index (χ2n) is 7.60. The van der Waals surface area contributed by atoms with Crippen LogP contribution < -0.4 is 4.74 Å². The van der Waals surface area contributed by atoms with Gasteiger partial charge >= 0.3 is 11.9 Å². The summed E-state index contributed by atoms with van der Waals surface area (Å²) in [5, 5.41) is 4.38. The van der Waals surface area contributed by atoms with Crippen molar-refractivity contribution in [1.82, 2.24) is 9.78 Å². The lowest BCUT2D eigenvalue weighted by Crippen LogP contribution is -2.15. The topological polar surface area (TPSA) is 79.7 Å². The number of rotatable bonds is 8. The van der Waals surface area contributed by atoms with Gasteiger partial charge < -0.3 is 14.2 Å². The van der Waals surface area contributed by atoms with Gasteiger partial charge in [0.1, 0.15) is 11.3 Å². The smallest absolute Gasteiger partial charge is 0.357 e. The Morgan fingerprint density at radius 1 is 1.03 bits per heavy atom. The molecule has 0 N–H and O–H groups in total. The molecule has 0 aliphatic heterocycles. The average molecular weight is 458 g/mol. The Morgan fingerprint density at radius 3 is 2.30 bits per heavy atom. The normalized spacial score (nSPS) is 10.9. The van der Waals surface area contributed by atoms with E-state index >= 15 is 0 Å². The van der Waals surface area contributed by atoms with Crippen LogP contribution in [0, 0.1) is 17.6 Å². The third-order valence-electron chi connectivity index (χ3n) is 4.88. The van der Waals surface area contributed by atoms with Crippen molar-refractivity contribution in [3.8, 4) is 22.7 Å². The maximum atomic E-state index is 14.5. The summed E-state index contributed by atoms with van der Waals surface area (Å²) in [7, 11) is 2.29. The SMILES string of the molecule is COC(=O)c1c(-c2cc(F)c(F)c(OCCC(C)C)c2)nn(-c2ccccc2)c1C(=O)OC. The van der Waals surface area contributed by atoms with Crippen molar-refractivity contribution in [3.63, 3.8) is 0 Å². The minimum Gasteiger partial charge on any atom is -0.490 e.